The number of carbonyl (C=O) groups excluding carboxylic acids is 2. The van der Waals surface area contributed by atoms with Crippen LogP contribution in [0, 0.1) is 11.7 Å². The summed E-state index contributed by atoms with van der Waals surface area (Å²) in [6.45, 7) is 4.65. The highest BCUT2D eigenvalue weighted by atomic mass is 35.5. The van der Waals surface area contributed by atoms with Gasteiger partial charge < -0.3 is 20.1 Å². The minimum Gasteiger partial charge on any atom is -0.407 e. The minimum absolute atomic E-state index is 0.0117. The molecule has 2 rings (SSSR count). The zero-order valence-electron chi connectivity index (χ0n) is 13.5. The third kappa shape index (κ3) is 4.58. The van der Waals surface area contributed by atoms with E-state index in [1.165, 1.54) is 17.0 Å². The number of likely N-dealkylation sites (tertiary alicyclic amines) is 1. The highest BCUT2D eigenvalue weighted by Crippen LogP contribution is 2.25. The maximum Gasteiger partial charge on any atom is 0.410 e. The third-order valence-corrected chi connectivity index (χ3v) is 3.77. The van der Waals surface area contributed by atoms with Crippen molar-refractivity contribution in [3.8, 4) is 0 Å². The average molecular weight is 359 g/mol. The van der Waals surface area contributed by atoms with Gasteiger partial charge in [-0.15, -0.1) is 0 Å². The zero-order chi connectivity index (χ0) is 17.9. The van der Waals surface area contributed by atoms with Crippen LogP contribution in [-0.2, 0) is 16.1 Å². The second kappa shape index (κ2) is 7.36. The number of hydrogen-bond acceptors (Lipinski definition) is 4. The Hall–Kier alpha value is -1.86. The van der Waals surface area contributed by atoms with E-state index in [-0.39, 0.29) is 23.9 Å². The first kappa shape index (κ1) is 18.5. The first-order chi connectivity index (χ1) is 11.2. The standard InChI is InChI=1S/C16H20ClFN2O4/c1-10(2)9-20-4-3-16(23,14(20)21)24-15(22)19-8-11-5-12(17)7-13(18)6-11/h5-7,10,23H,3-4,8-9H2,1-2H3,(H,19,22)/t16-/m0/s1. The molecule has 8 heteroatoms. The van der Waals surface area contributed by atoms with Crippen LogP contribution in [-0.4, -0.2) is 40.9 Å². The van der Waals surface area contributed by atoms with E-state index in [2.05, 4.69) is 5.32 Å². The lowest BCUT2D eigenvalue weighted by molar-refractivity contribution is -0.182. The first-order valence-corrected chi connectivity index (χ1v) is 8.01. The Labute approximate surface area is 144 Å². The quantitative estimate of drug-likeness (QED) is 0.791. The largest absolute Gasteiger partial charge is 0.410 e. The van der Waals surface area contributed by atoms with Crippen molar-refractivity contribution in [1.29, 1.82) is 0 Å². The van der Waals surface area contributed by atoms with E-state index < -0.39 is 23.6 Å². The maximum atomic E-state index is 13.2. The van der Waals surface area contributed by atoms with E-state index in [9.17, 15) is 19.1 Å². The fourth-order valence-corrected chi connectivity index (χ4v) is 2.77. The molecule has 132 valence electrons. The minimum atomic E-state index is -2.15. The molecule has 1 aromatic carbocycles. The van der Waals surface area contributed by atoms with Crippen molar-refractivity contribution in [1.82, 2.24) is 10.2 Å². The first-order valence-electron chi connectivity index (χ1n) is 7.63. The van der Waals surface area contributed by atoms with E-state index in [1.54, 1.807) is 0 Å². The van der Waals surface area contributed by atoms with Gasteiger partial charge in [0.2, 0.25) is 0 Å². The Bertz CT molecular complexity index is 620. The molecular formula is C16H20ClFN2O4. The number of benzene rings is 1. The fraction of sp³-hybridized carbons (Fsp3) is 0.500. The summed E-state index contributed by atoms with van der Waals surface area (Å²) in [5.41, 5.74) is 0.433. The van der Waals surface area contributed by atoms with Crippen LogP contribution >= 0.6 is 11.6 Å². The number of rotatable bonds is 5. The van der Waals surface area contributed by atoms with Crippen molar-refractivity contribution in [3.05, 3.63) is 34.6 Å². The Morgan fingerprint density at radius 1 is 1.50 bits per heavy atom. The van der Waals surface area contributed by atoms with Gasteiger partial charge in [0, 0.05) is 31.1 Å². The molecule has 6 nitrogen and oxygen atoms in total. The number of aliphatic hydroxyl groups is 1. The summed E-state index contributed by atoms with van der Waals surface area (Å²) in [5.74, 6) is -3.07. The van der Waals surface area contributed by atoms with E-state index in [1.807, 2.05) is 13.8 Å². The molecule has 24 heavy (non-hydrogen) atoms. The molecule has 0 saturated carbocycles. The lowest BCUT2D eigenvalue weighted by Gasteiger charge is -2.23. The normalized spacial score (nSPS) is 20.6. The van der Waals surface area contributed by atoms with Gasteiger partial charge in [0.1, 0.15) is 5.82 Å². The molecule has 0 bridgehead atoms. The van der Waals surface area contributed by atoms with Gasteiger partial charge in [-0.1, -0.05) is 25.4 Å². The van der Waals surface area contributed by atoms with Crippen LogP contribution in [0.4, 0.5) is 9.18 Å². The molecule has 0 spiro atoms. The monoisotopic (exact) mass is 358 g/mol. The lowest BCUT2D eigenvalue weighted by Crippen LogP contribution is -2.46. The predicted octanol–water partition coefficient (Wildman–Crippen LogP) is 2.28. The second-order valence-corrected chi connectivity index (χ2v) is 6.64. The number of alkyl carbamates (subject to hydrolysis) is 1. The van der Waals surface area contributed by atoms with Gasteiger partial charge in [-0.3, -0.25) is 4.79 Å². The molecule has 2 amide bonds. The molecular weight excluding hydrogens is 339 g/mol. The number of halogens is 2. The Morgan fingerprint density at radius 3 is 2.83 bits per heavy atom. The van der Waals surface area contributed by atoms with Crippen LogP contribution in [0.15, 0.2) is 18.2 Å². The van der Waals surface area contributed by atoms with Gasteiger partial charge in [-0.05, 0) is 29.7 Å². The summed E-state index contributed by atoms with van der Waals surface area (Å²) in [5, 5.41) is 12.8. The predicted molar refractivity (Wildman–Crippen MR) is 85.7 cm³/mol. The summed E-state index contributed by atoms with van der Waals surface area (Å²) < 4.78 is 18.1. The molecule has 1 saturated heterocycles. The molecule has 0 radical (unpaired) electrons. The molecule has 1 aliphatic rings. The second-order valence-electron chi connectivity index (χ2n) is 6.20. The fourth-order valence-electron chi connectivity index (χ4n) is 2.53. The highest BCUT2D eigenvalue weighted by molar-refractivity contribution is 6.30. The summed E-state index contributed by atoms with van der Waals surface area (Å²) in [6, 6.07) is 3.85. The van der Waals surface area contributed by atoms with Crippen molar-refractivity contribution >= 4 is 23.6 Å². The van der Waals surface area contributed by atoms with Crippen LogP contribution in [0.2, 0.25) is 5.02 Å². The zero-order valence-corrected chi connectivity index (χ0v) is 14.3. The highest BCUT2D eigenvalue weighted by Gasteiger charge is 2.49. The van der Waals surface area contributed by atoms with Gasteiger partial charge in [0.05, 0.1) is 0 Å². The topological polar surface area (TPSA) is 78.9 Å². The number of ether oxygens (including phenoxy) is 1. The SMILES string of the molecule is CC(C)CN1CC[C@](O)(OC(=O)NCc2cc(F)cc(Cl)c2)C1=O. The molecule has 1 aromatic rings. The molecule has 0 unspecified atom stereocenters. The van der Waals surface area contributed by atoms with Crippen LogP contribution < -0.4 is 5.32 Å². The maximum absolute atomic E-state index is 13.2. The van der Waals surface area contributed by atoms with Crippen LogP contribution in [0.3, 0.4) is 0 Å². The van der Waals surface area contributed by atoms with Gasteiger partial charge in [-0.25, -0.2) is 9.18 Å². The van der Waals surface area contributed by atoms with Gasteiger partial charge >= 0.3 is 6.09 Å². The number of nitrogens with one attached hydrogen (secondary N) is 1. The lowest BCUT2D eigenvalue weighted by atomic mass is 10.2. The molecule has 1 fully saturated rings. The Kier molecular flexibility index (Phi) is 5.66. The molecule has 0 aliphatic carbocycles. The van der Waals surface area contributed by atoms with E-state index >= 15 is 0 Å². The summed E-state index contributed by atoms with van der Waals surface area (Å²) in [6.07, 6.45) is -0.949. The molecule has 1 heterocycles. The summed E-state index contributed by atoms with van der Waals surface area (Å²) in [4.78, 5) is 25.5. The molecule has 1 aliphatic heterocycles. The third-order valence-electron chi connectivity index (χ3n) is 3.55. The summed E-state index contributed by atoms with van der Waals surface area (Å²) in [7, 11) is 0. The number of carbonyl (C=O) groups is 2. The van der Waals surface area contributed by atoms with Crippen molar-refractivity contribution in [2.45, 2.75) is 32.6 Å². The molecule has 1 atom stereocenters. The van der Waals surface area contributed by atoms with Crippen LogP contribution in [0.1, 0.15) is 25.8 Å². The van der Waals surface area contributed by atoms with Crippen molar-refractivity contribution < 1.29 is 23.8 Å². The smallest absolute Gasteiger partial charge is 0.407 e. The Balaban J connectivity index is 1.91. The van der Waals surface area contributed by atoms with E-state index in [0.717, 1.165) is 6.07 Å². The summed E-state index contributed by atoms with van der Waals surface area (Å²) >= 11 is 5.73. The molecule has 0 aromatic heterocycles. The number of amides is 2. The van der Waals surface area contributed by atoms with Gasteiger partial charge in [0.15, 0.2) is 0 Å². The van der Waals surface area contributed by atoms with Gasteiger partial charge in [-0.2, -0.15) is 0 Å². The Morgan fingerprint density at radius 2 is 2.21 bits per heavy atom. The van der Waals surface area contributed by atoms with Gasteiger partial charge in [0.25, 0.3) is 11.7 Å². The molecule has 2 N–H and O–H groups in total. The number of hydrogen-bond donors (Lipinski definition) is 2. The van der Waals surface area contributed by atoms with Crippen LogP contribution in [0.5, 0.6) is 0 Å². The van der Waals surface area contributed by atoms with Crippen molar-refractivity contribution in [2.75, 3.05) is 13.1 Å². The van der Waals surface area contributed by atoms with Crippen LogP contribution in [0.25, 0.3) is 0 Å². The number of nitrogens with zero attached hydrogens (tertiary/aromatic N) is 1. The van der Waals surface area contributed by atoms with E-state index in [0.29, 0.717) is 18.7 Å². The van der Waals surface area contributed by atoms with Crippen molar-refractivity contribution in [3.63, 3.8) is 0 Å². The van der Waals surface area contributed by atoms with E-state index in [4.69, 9.17) is 16.3 Å². The van der Waals surface area contributed by atoms with Crippen molar-refractivity contribution in [2.24, 2.45) is 5.92 Å². The average Bonchev–Trinajstić information content (AvgIpc) is 2.72.